The van der Waals surface area contributed by atoms with Crippen molar-refractivity contribution >= 4 is 11.9 Å². The van der Waals surface area contributed by atoms with E-state index in [-0.39, 0.29) is 19.3 Å². The highest BCUT2D eigenvalue weighted by Gasteiger charge is 2.19. The first-order chi connectivity index (χ1) is 16.0. The lowest BCUT2D eigenvalue weighted by Gasteiger charge is -2.11. The number of fused-ring (bicyclic) bond motifs is 1. The van der Waals surface area contributed by atoms with Crippen LogP contribution in [0.1, 0.15) is 37.0 Å². The molecule has 1 heterocycles. The summed E-state index contributed by atoms with van der Waals surface area (Å²) in [4.78, 5) is 4.57. The maximum absolute atomic E-state index is 9.40. The van der Waals surface area contributed by atoms with Crippen LogP contribution in [0.5, 0.6) is 5.75 Å². The number of aliphatic hydroxyl groups is 1. The van der Waals surface area contributed by atoms with E-state index in [0.717, 1.165) is 18.4 Å². The van der Waals surface area contributed by atoms with Crippen molar-refractivity contribution in [1.82, 2.24) is 10.1 Å². The van der Waals surface area contributed by atoms with Crippen LogP contribution in [0.2, 0.25) is 0 Å². The first-order valence-corrected chi connectivity index (χ1v) is 10.9. The highest BCUT2D eigenvalue weighted by atomic mass is 35.5. The molecule has 0 saturated heterocycles. The number of ether oxygens (including phenoxy) is 1. The lowest BCUT2D eigenvalue weighted by atomic mass is 10.0. The van der Waals surface area contributed by atoms with Crippen molar-refractivity contribution in [3.63, 3.8) is 0 Å². The fourth-order valence-electron chi connectivity index (χ4n) is 3.39. The van der Waals surface area contributed by atoms with Crippen molar-refractivity contribution in [2.45, 2.75) is 39.2 Å². The Balaban J connectivity index is 0.000000489. The summed E-state index contributed by atoms with van der Waals surface area (Å²) in [5.74, 6) is 1.56. The Labute approximate surface area is 198 Å². The molecule has 0 fully saturated rings. The van der Waals surface area contributed by atoms with Gasteiger partial charge >= 0.3 is 0 Å². The largest absolute Gasteiger partial charge is 0.490 e. The van der Waals surface area contributed by atoms with E-state index in [9.17, 15) is 5.26 Å². The van der Waals surface area contributed by atoms with Crippen molar-refractivity contribution in [3.8, 4) is 34.7 Å². The summed E-state index contributed by atoms with van der Waals surface area (Å²) in [7, 11) is 1.39. The van der Waals surface area contributed by atoms with E-state index in [1.807, 2.05) is 32.0 Å². The molecule has 2 aromatic carbocycles. The van der Waals surface area contributed by atoms with E-state index in [1.54, 1.807) is 12.1 Å². The first-order valence-electron chi connectivity index (χ1n) is 10.5. The lowest BCUT2D eigenvalue weighted by Crippen LogP contribution is -2.06. The minimum absolute atomic E-state index is 0.00290. The van der Waals surface area contributed by atoms with Gasteiger partial charge in [0.05, 0.1) is 30.6 Å². The summed E-state index contributed by atoms with van der Waals surface area (Å²) >= 11 is 4.50. The van der Waals surface area contributed by atoms with Gasteiger partial charge in [-0.25, -0.2) is 0 Å². The number of nitrogens with zero attached hydrogens (tertiary/aromatic N) is 3. The van der Waals surface area contributed by atoms with Crippen molar-refractivity contribution in [2.24, 2.45) is 0 Å². The molecule has 0 bridgehead atoms. The fourth-order valence-corrected chi connectivity index (χ4v) is 3.39. The first kappa shape index (κ1) is 26.3. The molecular weight excluding hydrogens is 446 g/mol. The summed E-state index contributed by atoms with van der Waals surface area (Å²) in [6.45, 7) is 3.97. The van der Waals surface area contributed by atoms with Crippen LogP contribution in [-0.4, -0.2) is 46.8 Å². The van der Waals surface area contributed by atoms with Gasteiger partial charge in [0.25, 0.3) is 5.89 Å². The normalized spacial score (nSPS) is 11.6. The third kappa shape index (κ3) is 7.27. The molecule has 0 saturated carbocycles. The Morgan fingerprint density at radius 1 is 1.27 bits per heavy atom. The molecule has 0 aliphatic heterocycles. The molecule has 0 unspecified atom stereocenters. The quantitative estimate of drug-likeness (QED) is 0.553. The van der Waals surface area contributed by atoms with Gasteiger partial charge in [-0.05, 0) is 62.4 Å². The van der Waals surface area contributed by atoms with Gasteiger partial charge in [0, 0.05) is 11.1 Å². The summed E-state index contributed by atoms with van der Waals surface area (Å²) < 4.78 is 14.9. The van der Waals surface area contributed by atoms with Gasteiger partial charge < -0.3 is 19.5 Å². The molecule has 0 amide bonds. The predicted molar refractivity (Wildman–Crippen MR) is 126 cm³/mol. The van der Waals surface area contributed by atoms with E-state index < -0.39 is 0 Å². The zero-order chi connectivity index (χ0) is 24.2. The van der Waals surface area contributed by atoms with Crippen molar-refractivity contribution in [1.29, 1.82) is 5.26 Å². The molecule has 176 valence electrons. The van der Waals surface area contributed by atoms with Crippen LogP contribution < -0.4 is 4.74 Å². The topological polar surface area (TPSA) is 124 Å². The predicted octanol–water partition coefficient (Wildman–Crippen LogP) is 4.04. The molecule has 3 N–H and O–H groups in total. The molecule has 0 atom stereocenters. The smallest absolute Gasteiger partial charge is 0.258 e. The summed E-state index contributed by atoms with van der Waals surface area (Å²) in [6.07, 6.45) is 3.33. The fraction of sp³-hybridized carbons (Fsp3) is 0.375. The highest BCUT2D eigenvalue weighted by molar-refractivity contribution is 6.07. The zero-order valence-electron chi connectivity index (χ0n) is 19.0. The van der Waals surface area contributed by atoms with Gasteiger partial charge in [0.2, 0.25) is 5.82 Å². The molecule has 3 aromatic rings. The number of halogens is 1. The number of aromatic nitrogens is 2. The molecule has 33 heavy (non-hydrogen) atoms. The lowest BCUT2D eigenvalue weighted by molar-refractivity contribution is 0.186. The minimum atomic E-state index is -0.0139. The Morgan fingerprint density at radius 2 is 2.00 bits per heavy atom. The number of rotatable bonds is 5. The number of hydrogen-bond donors (Lipinski definition) is 1. The van der Waals surface area contributed by atoms with Gasteiger partial charge in [-0.1, -0.05) is 23.4 Å². The molecule has 1 aliphatic carbocycles. The van der Waals surface area contributed by atoms with E-state index in [0.29, 0.717) is 28.6 Å². The van der Waals surface area contributed by atoms with E-state index in [2.05, 4.69) is 38.4 Å². The van der Waals surface area contributed by atoms with Gasteiger partial charge in [0.15, 0.2) is 6.61 Å². The molecule has 0 spiro atoms. The Morgan fingerprint density at radius 3 is 2.64 bits per heavy atom. The van der Waals surface area contributed by atoms with Crippen molar-refractivity contribution in [3.05, 3.63) is 53.1 Å². The second-order valence-corrected chi connectivity index (χ2v) is 7.65. The average molecular weight is 475 g/mol. The Hall–Kier alpha value is -2.96. The maximum atomic E-state index is 9.40. The second-order valence-electron chi connectivity index (χ2n) is 7.34. The van der Waals surface area contributed by atoms with Crippen molar-refractivity contribution < 1.29 is 23.8 Å². The van der Waals surface area contributed by atoms with Crippen LogP contribution >= 0.6 is 11.9 Å². The van der Waals surface area contributed by atoms with E-state index in [4.69, 9.17) is 19.5 Å². The molecule has 1 aliphatic rings. The van der Waals surface area contributed by atoms with Crippen LogP contribution in [0, 0.1) is 11.3 Å². The number of benzene rings is 2. The second kappa shape index (κ2) is 13.6. The average Bonchev–Trinajstić information content (AvgIpc) is 3.49. The van der Waals surface area contributed by atoms with Crippen LogP contribution in [0.4, 0.5) is 0 Å². The van der Waals surface area contributed by atoms with E-state index in [1.165, 1.54) is 24.7 Å². The zero-order valence-corrected chi connectivity index (χ0v) is 19.7. The standard InChI is InChI=1S/C21H19N3O2.C2H6O2.CH3ClO/c1-13(2)25-19-10-9-15(11-16(19)12-22)21-23-20(24-26-21)18-8-4-6-14-5-3-7-17(14)18;3-1-2-4;1-3-2/h4,6,8-11,13H,3,5,7H2,1-2H3;3-4H,1-2H2;1H3/p+1. The number of aryl methyl sites for hydroxylation is 1. The number of aliphatic hydroxyl groups excluding tert-OH is 1. The van der Waals surface area contributed by atoms with Crippen LogP contribution in [-0.2, 0) is 17.1 Å². The van der Waals surface area contributed by atoms with Gasteiger partial charge in [-0.2, -0.15) is 10.2 Å². The summed E-state index contributed by atoms with van der Waals surface area (Å²) in [5, 5.41) is 27.5. The highest BCUT2D eigenvalue weighted by Crippen LogP contribution is 2.32. The Kier molecular flexibility index (Phi) is 10.8. The van der Waals surface area contributed by atoms with Crippen LogP contribution in [0.25, 0.3) is 22.8 Å². The van der Waals surface area contributed by atoms with Gasteiger partial charge in [-0.15, -0.1) is 0 Å². The molecule has 0 radical (unpaired) electrons. The third-order valence-corrected chi connectivity index (χ3v) is 4.63. The van der Waals surface area contributed by atoms with Crippen LogP contribution in [0.3, 0.4) is 0 Å². The molecule has 9 heteroatoms. The number of nitriles is 1. The molecular formula is C24H29ClN3O5+. The summed E-state index contributed by atoms with van der Waals surface area (Å²) in [5.41, 5.74) is 4.89. The third-order valence-electron chi connectivity index (χ3n) is 4.63. The maximum Gasteiger partial charge on any atom is 0.258 e. The monoisotopic (exact) mass is 474 g/mol. The summed E-state index contributed by atoms with van der Waals surface area (Å²) in [6, 6.07) is 13.8. The minimum Gasteiger partial charge on any atom is -0.490 e. The SMILES string of the molecule is CC(C)Oc1ccc(-c2nc(-c3cccc4c3CCC4)no2)cc1C#N.COCl.OCC[OH2+]. The van der Waals surface area contributed by atoms with E-state index >= 15 is 0 Å². The molecule has 1 aromatic heterocycles. The Bertz CT molecular complexity index is 1060. The van der Waals surface area contributed by atoms with Crippen LogP contribution in [0.15, 0.2) is 40.9 Å². The van der Waals surface area contributed by atoms with Gasteiger partial charge in [-0.3, -0.25) is 4.29 Å². The molecule has 8 nitrogen and oxygen atoms in total. The van der Waals surface area contributed by atoms with Gasteiger partial charge in [0.1, 0.15) is 18.4 Å². The van der Waals surface area contributed by atoms with Crippen molar-refractivity contribution in [2.75, 3.05) is 20.3 Å². The molecule has 4 rings (SSSR count). The number of hydrogen-bond acceptors (Lipinski definition) is 7.